The minimum atomic E-state index is 0.0195. The Morgan fingerprint density at radius 3 is 2.18 bits per heavy atom. The first-order chi connectivity index (χ1) is 27.2. The third-order valence-corrected chi connectivity index (χ3v) is 11.3. The van der Waals surface area contributed by atoms with E-state index >= 15 is 0 Å². The quantitative estimate of drug-likeness (QED) is 0.179. The predicted octanol–water partition coefficient (Wildman–Crippen LogP) is 13.0. The van der Waals surface area contributed by atoms with E-state index in [2.05, 4.69) is 170 Å². The van der Waals surface area contributed by atoms with Crippen molar-refractivity contribution >= 4 is 38.3 Å². The average Bonchev–Trinajstić information content (AvgIpc) is 3.64. The van der Waals surface area contributed by atoms with E-state index in [9.17, 15) is 0 Å². The van der Waals surface area contributed by atoms with Gasteiger partial charge in [-0.1, -0.05) is 140 Å². The Morgan fingerprint density at radius 1 is 0.527 bits per heavy atom. The Balaban J connectivity index is 1.04. The van der Waals surface area contributed by atoms with E-state index in [1.54, 1.807) is 0 Å². The Bertz CT molecular complexity index is 3030. The fraction of sp³-hybridized carbons (Fsp3) is 0.0784. The molecular formula is C51H35N3O. The van der Waals surface area contributed by atoms with E-state index in [4.69, 9.17) is 19.4 Å². The standard InChI is InChI=1S/C51H35N3O/c1-3-12-32(13-4-1)35-26-27-46-45(30-35)48-41(20-11-21-47(48)55-46)37-24-22-33-23-25-38(29-39(33)28-37)50-52-49(34-14-5-2-6-15-34)53-51(54-50)44-31-36-16-7-8-17-40(36)42-18-9-10-19-43(42)44/h1-5,7-14,16-30,44H,6,15,31H2. The maximum atomic E-state index is 6.40. The van der Waals surface area contributed by atoms with E-state index in [1.165, 1.54) is 33.4 Å². The van der Waals surface area contributed by atoms with Gasteiger partial charge in [0.1, 0.15) is 17.0 Å². The molecule has 1 unspecified atom stereocenters. The van der Waals surface area contributed by atoms with Crippen molar-refractivity contribution in [3.63, 3.8) is 0 Å². The number of hydrogen-bond donors (Lipinski definition) is 0. The highest BCUT2D eigenvalue weighted by atomic mass is 16.3. The minimum Gasteiger partial charge on any atom is -0.456 e. The highest BCUT2D eigenvalue weighted by molar-refractivity contribution is 6.13. The molecule has 1 atom stereocenters. The highest BCUT2D eigenvalue weighted by Gasteiger charge is 2.29. The summed E-state index contributed by atoms with van der Waals surface area (Å²) < 4.78 is 6.40. The number of rotatable bonds is 5. The summed E-state index contributed by atoms with van der Waals surface area (Å²) in [4.78, 5) is 15.7. The maximum Gasteiger partial charge on any atom is 0.163 e. The second-order valence-corrected chi connectivity index (χ2v) is 14.6. The Morgan fingerprint density at radius 2 is 1.29 bits per heavy atom. The van der Waals surface area contributed by atoms with Crippen LogP contribution in [0.1, 0.15) is 41.5 Å². The molecule has 4 heteroatoms. The summed E-state index contributed by atoms with van der Waals surface area (Å²) in [5.74, 6) is 2.31. The van der Waals surface area contributed by atoms with E-state index in [-0.39, 0.29) is 5.92 Å². The number of allylic oxidation sites excluding steroid dienone is 4. The molecule has 0 fully saturated rings. The van der Waals surface area contributed by atoms with Crippen molar-refractivity contribution in [3.8, 4) is 44.8 Å². The van der Waals surface area contributed by atoms with Gasteiger partial charge in [-0.15, -0.1) is 0 Å². The summed E-state index contributed by atoms with van der Waals surface area (Å²) >= 11 is 0. The average molecular weight is 706 g/mol. The molecule has 0 saturated heterocycles. The van der Waals surface area contributed by atoms with E-state index in [0.29, 0.717) is 5.82 Å². The molecular weight excluding hydrogens is 671 g/mol. The minimum absolute atomic E-state index is 0.0195. The molecule has 0 N–H and O–H groups in total. The summed E-state index contributed by atoms with van der Waals surface area (Å²) in [5.41, 5.74) is 13.7. The molecule has 0 amide bonds. The second-order valence-electron chi connectivity index (χ2n) is 14.6. The van der Waals surface area contributed by atoms with Gasteiger partial charge in [-0.2, -0.15) is 0 Å². The van der Waals surface area contributed by atoms with Crippen LogP contribution in [0.5, 0.6) is 0 Å². The van der Waals surface area contributed by atoms with Crippen molar-refractivity contribution in [1.29, 1.82) is 0 Å². The topological polar surface area (TPSA) is 51.8 Å². The van der Waals surface area contributed by atoms with Crippen LogP contribution in [0.4, 0.5) is 0 Å². The number of aromatic nitrogens is 3. The van der Waals surface area contributed by atoms with Gasteiger partial charge in [-0.05, 0) is 110 Å². The molecule has 0 aliphatic heterocycles. The normalized spacial score (nSPS) is 14.9. The highest BCUT2D eigenvalue weighted by Crippen LogP contribution is 2.43. The first-order valence-electron chi connectivity index (χ1n) is 19.1. The van der Waals surface area contributed by atoms with Gasteiger partial charge < -0.3 is 4.42 Å². The molecule has 2 aliphatic carbocycles. The van der Waals surface area contributed by atoms with Gasteiger partial charge in [0.15, 0.2) is 11.6 Å². The molecule has 0 spiro atoms. The third kappa shape index (κ3) is 5.49. The molecule has 2 heterocycles. The van der Waals surface area contributed by atoms with Crippen molar-refractivity contribution in [2.45, 2.75) is 25.2 Å². The molecule has 11 rings (SSSR count). The van der Waals surface area contributed by atoms with Crippen molar-refractivity contribution < 1.29 is 4.42 Å². The van der Waals surface area contributed by atoms with Crippen LogP contribution < -0.4 is 0 Å². The van der Waals surface area contributed by atoms with Crippen LogP contribution in [0.3, 0.4) is 0 Å². The van der Waals surface area contributed by atoms with Gasteiger partial charge in [0.05, 0.1) is 0 Å². The van der Waals surface area contributed by atoms with Gasteiger partial charge in [-0.3, -0.25) is 0 Å². The molecule has 7 aromatic carbocycles. The van der Waals surface area contributed by atoms with Crippen LogP contribution in [0.15, 0.2) is 174 Å². The molecule has 0 saturated carbocycles. The molecule has 4 nitrogen and oxygen atoms in total. The zero-order valence-electron chi connectivity index (χ0n) is 30.1. The van der Waals surface area contributed by atoms with E-state index in [1.807, 2.05) is 0 Å². The zero-order chi connectivity index (χ0) is 36.3. The predicted molar refractivity (Wildman–Crippen MR) is 225 cm³/mol. The number of hydrogen-bond acceptors (Lipinski definition) is 4. The molecule has 0 bridgehead atoms. The van der Waals surface area contributed by atoms with Crippen LogP contribution in [-0.4, -0.2) is 15.0 Å². The van der Waals surface area contributed by atoms with Gasteiger partial charge in [0.2, 0.25) is 0 Å². The molecule has 0 radical (unpaired) electrons. The van der Waals surface area contributed by atoms with E-state index < -0.39 is 0 Å². The van der Waals surface area contributed by atoms with Crippen molar-refractivity contribution in [1.82, 2.24) is 15.0 Å². The first kappa shape index (κ1) is 31.6. The van der Waals surface area contributed by atoms with Gasteiger partial charge in [0, 0.05) is 22.3 Å². The Hall–Kier alpha value is -6.91. The lowest BCUT2D eigenvalue weighted by Gasteiger charge is -2.27. The number of furan rings is 1. The van der Waals surface area contributed by atoms with Crippen molar-refractivity contribution in [2.24, 2.45) is 0 Å². The summed E-state index contributed by atoms with van der Waals surface area (Å²) in [6.45, 7) is 0. The molecule has 2 aromatic heterocycles. The lowest BCUT2D eigenvalue weighted by molar-refractivity contribution is 0.669. The number of benzene rings is 7. The zero-order valence-corrected chi connectivity index (χ0v) is 30.1. The largest absolute Gasteiger partial charge is 0.456 e. The maximum absolute atomic E-state index is 6.40. The van der Waals surface area contributed by atoms with Crippen LogP contribution in [0.2, 0.25) is 0 Å². The van der Waals surface area contributed by atoms with Gasteiger partial charge >= 0.3 is 0 Å². The monoisotopic (exact) mass is 705 g/mol. The molecule has 260 valence electrons. The smallest absolute Gasteiger partial charge is 0.163 e. The number of nitrogens with zero attached hydrogens (tertiary/aromatic N) is 3. The van der Waals surface area contributed by atoms with Crippen molar-refractivity contribution in [2.75, 3.05) is 0 Å². The van der Waals surface area contributed by atoms with Crippen LogP contribution in [0, 0.1) is 0 Å². The molecule has 2 aliphatic rings. The van der Waals surface area contributed by atoms with Crippen LogP contribution >= 0.6 is 0 Å². The molecule has 9 aromatic rings. The van der Waals surface area contributed by atoms with E-state index in [0.717, 1.165) is 85.9 Å². The summed E-state index contributed by atoms with van der Waals surface area (Å²) in [7, 11) is 0. The summed E-state index contributed by atoms with van der Waals surface area (Å²) in [6.07, 6.45) is 9.22. The molecule has 55 heavy (non-hydrogen) atoms. The SMILES string of the molecule is C1=CCCC(c2nc(-c3ccc4ccc(-c5cccc6oc7ccc(-c8ccccc8)cc7c56)cc4c3)nc(C3Cc4ccccc4-c4ccccc43)n2)=C1. The van der Waals surface area contributed by atoms with Gasteiger partial charge in [-0.25, -0.2) is 15.0 Å². The lowest BCUT2D eigenvalue weighted by Crippen LogP contribution is -2.17. The first-order valence-corrected chi connectivity index (χ1v) is 19.1. The Labute approximate surface area is 319 Å². The summed E-state index contributed by atoms with van der Waals surface area (Å²) in [5, 5.41) is 4.53. The third-order valence-electron chi connectivity index (χ3n) is 11.3. The fourth-order valence-electron chi connectivity index (χ4n) is 8.61. The second kappa shape index (κ2) is 12.9. The fourth-order valence-corrected chi connectivity index (χ4v) is 8.61. The number of fused-ring (bicyclic) bond motifs is 7. The van der Waals surface area contributed by atoms with Crippen LogP contribution in [0.25, 0.3) is 83.1 Å². The van der Waals surface area contributed by atoms with Gasteiger partial charge in [0.25, 0.3) is 0 Å². The van der Waals surface area contributed by atoms with Crippen LogP contribution in [-0.2, 0) is 6.42 Å². The summed E-state index contributed by atoms with van der Waals surface area (Å²) in [6, 6.07) is 54.1. The Kier molecular flexibility index (Phi) is 7.41. The van der Waals surface area contributed by atoms with Crippen molar-refractivity contribution in [3.05, 3.63) is 193 Å². The lowest BCUT2D eigenvalue weighted by atomic mass is 9.78.